The van der Waals surface area contributed by atoms with Gasteiger partial charge in [-0.15, -0.1) is 0 Å². The number of aryl methyl sites for hydroxylation is 1. The van der Waals surface area contributed by atoms with Crippen LogP contribution in [-0.2, 0) is 12.8 Å². The molecule has 1 rings (SSSR count). The summed E-state index contributed by atoms with van der Waals surface area (Å²) < 4.78 is 0. The summed E-state index contributed by atoms with van der Waals surface area (Å²) in [5, 5.41) is 8.41. The third-order valence-corrected chi connectivity index (χ3v) is 1.53. The molecule has 2 nitrogen and oxygen atoms in total. The molecule has 0 fully saturated rings. The van der Waals surface area contributed by atoms with Crippen LogP contribution in [0.4, 0.5) is 0 Å². The second-order valence-electron chi connectivity index (χ2n) is 2.34. The van der Waals surface area contributed by atoms with Crippen LogP contribution in [0.25, 0.3) is 0 Å². The summed E-state index contributed by atoms with van der Waals surface area (Å²) in [7, 11) is 0. The van der Waals surface area contributed by atoms with E-state index in [1.54, 1.807) is 6.20 Å². The lowest BCUT2D eigenvalue weighted by Crippen LogP contribution is -1.89. The molecule has 0 aliphatic carbocycles. The average Bonchev–Trinajstić information content (AvgIpc) is 2.06. The van der Waals surface area contributed by atoms with Crippen LogP contribution in [0, 0.1) is 11.3 Å². The molecule has 0 amide bonds. The minimum absolute atomic E-state index is 0.482. The molecule has 11 heavy (non-hydrogen) atoms. The Hall–Kier alpha value is -1.36. The Morgan fingerprint density at radius 3 is 3.09 bits per heavy atom. The molecule has 1 heterocycles. The number of pyridine rings is 1. The maximum absolute atomic E-state index is 8.41. The molecule has 0 atom stereocenters. The molecular formula is C9H10N2. The maximum atomic E-state index is 8.41. The van der Waals surface area contributed by atoms with Crippen molar-refractivity contribution in [2.24, 2.45) is 0 Å². The van der Waals surface area contributed by atoms with E-state index >= 15 is 0 Å². The van der Waals surface area contributed by atoms with Crippen LogP contribution < -0.4 is 0 Å². The van der Waals surface area contributed by atoms with Gasteiger partial charge >= 0.3 is 0 Å². The molecule has 0 unspecified atom stereocenters. The molecule has 0 saturated heterocycles. The van der Waals surface area contributed by atoms with Crippen molar-refractivity contribution in [1.82, 2.24) is 4.98 Å². The van der Waals surface area contributed by atoms with Gasteiger partial charge in [0.1, 0.15) is 0 Å². The van der Waals surface area contributed by atoms with Gasteiger partial charge in [-0.3, -0.25) is 4.98 Å². The third kappa shape index (κ3) is 2.05. The van der Waals surface area contributed by atoms with E-state index < -0.39 is 0 Å². The number of hydrogen-bond donors (Lipinski definition) is 0. The van der Waals surface area contributed by atoms with E-state index in [0.29, 0.717) is 6.42 Å². The van der Waals surface area contributed by atoms with Gasteiger partial charge in [-0.25, -0.2) is 0 Å². The molecule has 56 valence electrons. The Labute approximate surface area is 66.5 Å². The Kier molecular flexibility index (Phi) is 2.62. The molecular weight excluding hydrogens is 136 g/mol. The highest BCUT2D eigenvalue weighted by Crippen LogP contribution is 2.02. The van der Waals surface area contributed by atoms with Gasteiger partial charge in [-0.1, -0.05) is 6.92 Å². The van der Waals surface area contributed by atoms with Crippen molar-refractivity contribution in [2.45, 2.75) is 19.8 Å². The normalized spacial score (nSPS) is 9.09. The molecule has 1 aromatic heterocycles. The fourth-order valence-electron chi connectivity index (χ4n) is 0.923. The highest BCUT2D eigenvalue weighted by Gasteiger charge is 1.93. The quantitative estimate of drug-likeness (QED) is 0.636. The third-order valence-electron chi connectivity index (χ3n) is 1.53. The lowest BCUT2D eigenvalue weighted by Gasteiger charge is -1.96. The van der Waals surface area contributed by atoms with E-state index in [1.807, 2.05) is 12.1 Å². The number of nitriles is 1. The molecule has 0 aromatic carbocycles. The first-order valence-corrected chi connectivity index (χ1v) is 3.67. The van der Waals surface area contributed by atoms with Gasteiger partial charge in [0, 0.05) is 11.9 Å². The molecule has 0 radical (unpaired) electrons. The van der Waals surface area contributed by atoms with E-state index in [1.165, 1.54) is 0 Å². The summed E-state index contributed by atoms with van der Waals surface area (Å²) in [6, 6.07) is 5.96. The van der Waals surface area contributed by atoms with E-state index in [2.05, 4.69) is 18.0 Å². The van der Waals surface area contributed by atoms with Crippen LogP contribution in [0.5, 0.6) is 0 Å². The molecule has 0 bridgehead atoms. The first-order chi connectivity index (χ1) is 5.36. The first kappa shape index (κ1) is 7.74. The second-order valence-corrected chi connectivity index (χ2v) is 2.34. The number of aromatic nitrogens is 1. The van der Waals surface area contributed by atoms with Crippen molar-refractivity contribution in [2.75, 3.05) is 0 Å². The lowest BCUT2D eigenvalue weighted by atomic mass is 10.1. The number of hydrogen-bond acceptors (Lipinski definition) is 2. The molecule has 0 N–H and O–H groups in total. The van der Waals surface area contributed by atoms with Gasteiger partial charge in [0.2, 0.25) is 0 Å². The van der Waals surface area contributed by atoms with Crippen LogP contribution in [0.2, 0.25) is 0 Å². The number of rotatable bonds is 2. The van der Waals surface area contributed by atoms with Crippen LogP contribution in [0.1, 0.15) is 18.2 Å². The van der Waals surface area contributed by atoms with Crippen molar-refractivity contribution in [3.05, 3.63) is 29.6 Å². The monoisotopic (exact) mass is 146 g/mol. The smallest absolute Gasteiger partial charge is 0.0669 e. The summed E-state index contributed by atoms with van der Waals surface area (Å²) in [6.45, 7) is 2.05. The van der Waals surface area contributed by atoms with Gasteiger partial charge in [-0.05, 0) is 24.1 Å². The average molecular weight is 146 g/mol. The zero-order chi connectivity index (χ0) is 8.10. The van der Waals surface area contributed by atoms with E-state index in [-0.39, 0.29) is 0 Å². The Balaban J connectivity index is 2.84. The van der Waals surface area contributed by atoms with Crippen molar-refractivity contribution in [3.63, 3.8) is 0 Å². The zero-order valence-electron chi connectivity index (χ0n) is 6.54. The minimum Gasteiger partial charge on any atom is -0.261 e. The summed E-state index contributed by atoms with van der Waals surface area (Å²) in [4.78, 5) is 4.13. The molecule has 0 aliphatic rings. The second kappa shape index (κ2) is 3.72. The largest absolute Gasteiger partial charge is 0.261 e. The molecule has 1 aromatic rings. The maximum Gasteiger partial charge on any atom is 0.0669 e. The Morgan fingerprint density at radius 1 is 1.64 bits per heavy atom. The van der Waals surface area contributed by atoms with Crippen LogP contribution >= 0.6 is 0 Å². The minimum atomic E-state index is 0.482. The molecule has 0 aliphatic heterocycles. The van der Waals surface area contributed by atoms with E-state index in [9.17, 15) is 0 Å². The molecule has 0 spiro atoms. The molecule has 0 saturated carbocycles. The first-order valence-electron chi connectivity index (χ1n) is 3.67. The Morgan fingerprint density at radius 2 is 2.45 bits per heavy atom. The van der Waals surface area contributed by atoms with Gasteiger partial charge in [0.15, 0.2) is 0 Å². The van der Waals surface area contributed by atoms with Crippen molar-refractivity contribution in [3.8, 4) is 6.07 Å². The fourth-order valence-corrected chi connectivity index (χ4v) is 0.923. The van der Waals surface area contributed by atoms with Gasteiger partial charge in [0.25, 0.3) is 0 Å². The molecule has 2 heteroatoms. The van der Waals surface area contributed by atoms with Gasteiger partial charge in [0.05, 0.1) is 12.5 Å². The predicted molar refractivity (Wildman–Crippen MR) is 42.9 cm³/mol. The van der Waals surface area contributed by atoms with Gasteiger partial charge in [-0.2, -0.15) is 5.26 Å². The lowest BCUT2D eigenvalue weighted by molar-refractivity contribution is 1.02. The standard InChI is InChI=1S/C9H10N2/c1-2-9-7-8(3-5-10)4-6-11-9/h4,6-7H,2-3H2,1H3. The van der Waals surface area contributed by atoms with Crippen molar-refractivity contribution < 1.29 is 0 Å². The van der Waals surface area contributed by atoms with Crippen molar-refractivity contribution >= 4 is 0 Å². The van der Waals surface area contributed by atoms with Crippen molar-refractivity contribution in [1.29, 1.82) is 5.26 Å². The predicted octanol–water partition coefficient (Wildman–Crippen LogP) is 1.71. The van der Waals surface area contributed by atoms with Crippen LogP contribution in [0.3, 0.4) is 0 Å². The summed E-state index contributed by atoms with van der Waals surface area (Å²) in [5.41, 5.74) is 2.11. The zero-order valence-corrected chi connectivity index (χ0v) is 6.54. The van der Waals surface area contributed by atoms with E-state index in [0.717, 1.165) is 17.7 Å². The topological polar surface area (TPSA) is 36.7 Å². The Bertz CT molecular complexity index is 273. The van der Waals surface area contributed by atoms with Gasteiger partial charge < -0.3 is 0 Å². The fraction of sp³-hybridized carbons (Fsp3) is 0.333. The SMILES string of the molecule is CCc1cc(CC#N)ccn1. The van der Waals surface area contributed by atoms with Crippen LogP contribution in [-0.4, -0.2) is 4.98 Å². The summed E-state index contributed by atoms with van der Waals surface area (Å²) >= 11 is 0. The van der Waals surface area contributed by atoms with E-state index in [4.69, 9.17) is 5.26 Å². The summed E-state index contributed by atoms with van der Waals surface area (Å²) in [5.74, 6) is 0. The highest BCUT2D eigenvalue weighted by atomic mass is 14.7. The van der Waals surface area contributed by atoms with Crippen LogP contribution in [0.15, 0.2) is 18.3 Å². The highest BCUT2D eigenvalue weighted by molar-refractivity contribution is 5.19. The summed E-state index contributed by atoms with van der Waals surface area (Å²) in [6.07, 6.45) is 3.17. The number of nitrogens with zero attached hydrogens (tertiary/aromatic N) is 2.